The summed E-state index contributed by atoms with van der Waals surface area (Å²) < 4.78 is 23.4. The molecule has 3 heterocycles. The zero-order valence-corrected chi connectivity index (χ0v) is 21.1. The molecule has 1 saturated heterocycles. The van der Waals surface area contributed by atoms with Crippen LogP contribution in [0.25, 0.3) is 0 Å². The van der Waals surface area contributed by atoms with Gasteiger partial charge in [-0.15, -0.1) is 0 Å². The van der Waals surface area contributed by atoms with Crippen LogP contribution in [0, 0.1) is 13.8 Å². The minimum atomic E-state index is 0.456. The van der Waals surface area contributed by atoms with Crippen molar-refractivity contribution < 1.29 is 18.9 Å². The number of aromatic nitrogens is 2. The molecule has 0 aliphatic carbocycles. The molecule has 2 N–H and O–H groups in total. The highest BCUT2D eigenvalue weighted by Crippen LogP contribution is 2.42. The lowest BCUT2D eigenvalue weighted by atomic mass is 10.1. The van der Waals surface area contributed by atoms with Crippen LogP contribution in [-0.4, -0.2) is 61.4 Å². The van der Waals surface area contributed by atoms with Gasteiger partial charge < -0.3 is 29.6 Å². The van der Waals surface area contributed by atoms with Gasteiger partial charge in [0, 0.05) is 43.5 Å². The summed E-state index contributed by atoms with van der Waals surface area (Å²) in [7, 11) is 1.64. The van der Waals surface area contributed by atoms with Crippen LogP contribution >= 0.6 is 0 Å². The van der Waals surface area contributed by atoms with E-state index in [0.29, 0.717) is 47.8 Å². The monoisotopic (exact) mass is 491 g/mol. The van der Waals surface area contributed by atoms with Gasteiger partial charge in [0.1, 0.15) is 17.8 Å². The topological polar surface area (TPSA) is 90.0 Å². The van der Waals surface area contributed by atoms with Gasteiger partial charge in [0.25, 0.3) is 0 Å². The van der Waals surface area contributed by atoms with Gasteiger partial charge in [-0.3, -0.25) is 4.90 Å². The summed E-state index contributed by atoms with van der Waals surface area (Å²) >= 11 is 0. The Morgan fingerprint density at radius 3 is 2.81 bits per heavy atom. The van der Waals surface area contributed by atoms with Crippen LogP contribution < -0.4 is 24.8 Å². The minimum Gasteiger partial charge on any atom is -0.493 e. The molecular formula is C27H33N5O4. The average molecular weight is 492 g/mol. The number of hydrogen-bond acceptors (Lipinski definition) is 9. The molecule has 0 radical (unpaired) electrons. The quantitative estimate of drug-likeness (QED) is 0.437. The van der Waals surface area contributed by atoms with E-state index in [1.54, 1.807) is 7.11 Å². The van der Waals surface area contributed by atoms with Crippen molar-refractivity contribution in [3.05, 3.63) is 53.3 Å². The Morgan fingerprint density at radius 1 is 1.11 bits per heavy atom. The van der Waals surface area contributed by atoms with Crippen molar-refractivity contribution in [2.24, 2.45) is 0 Å². The third-order valence-electron chi connectivity index (χ3n) is 6.66. The van der Waals surface area contributed by atoms with Gasteiger partial charge in [-0.25, -0.2) is 4.98 Å². The molecule has 2 aliphatic rings. The van der Waals surface area contributed by atoms with Crippen LogP contribution in [0.5, 0.6) is 23.1 Å². The largest absolute Gasteiger partial charge is 0.493 e. The molecule has 0 amide bonds. The minimum absolute atomic E-state index is 0.456. The van der Waals surface area contributed by atoms with Gasteiger partial charge in [-0.1, -0.05) is 12.1 Å². The predicted octanol–water partition coefficient (Wildman–Crippen LogP) is 4.66. The van der Waals surface area contributed by atoms with E-state index in [-0.39, 0.29) is 0 Å². The summed E-state index contributed by atoms with van der Waals surface area (Å²) in [5.74, 6) is 3.13. The summed E-state index contributed by atoms with van der Waals surface area (Å²) in [6.07, 6.45) is 2.44. The first kappa shape index (κ1) is 24.1. The summed E-state index contributed by atoms with van der Waals surface area (Å²) in [5.41, 5.74) is 5.04. The highest BCUT2D eigenvalue weighted by atomic mass is 16.5. The van der Waals surface area contributed by atoms with Crippen molar-refractivity contribution >= 4 is 17.2 Å². The number of nitrogens with zero attached hydrogens (tertiary/aromatic N) is 3. The van der Waals surface area contributed by atoms with Crippen molar-refractivity contribution in [3.8, 4) is 23.1 Å². The van der Waals surface area contributed by atoms with Gasteiger partial charge in [0.2, 0.25) is 5.88 Å². The van der Waals surface area contributed by atoms with E-state index in [0.717, 1.165) is 50.5 Å². The van der Waals surface area contributed by atoms with E-state index >= 15 is 0 Å². The number of ether oxygens (including phenoxy) is 4. The number of nitrogens with one attached hydrogen (secondary N) is 2. The maximum absolute atomic E-state index is 6.23. The van der Waals surface area contributed by atoms with Gasteiger partial charge in [-0.05, 0) is 43.5 Å². The number of morpholine rings is 1. The molecule has 0 spiro atoms. The fourth-order valence-electron chi connectivity index (χ4n) is 4.39. The standard InChI is InChI=1S/C27H33N5O4/c1-18-6-4-7-21(19(18)2)31-26-25-27(30-17-29-26)36-22-15-23(33-3)24(14-20(22)16-28-25)35-11-5-8-32-9-12-34-13-10-32/h4,6-7,14-15,17,28H,5,8-13,16H2,1-3H3,(H,29,30,31). The van der Waals surface area contributed by atoms with E-state index in [9.17, 15) is 0 Å². The maximum atomic E-state index is 6.23. The first-order valence-electron chi connectivity index (χ1n) is 12.4. The molecule has 0 bridgehead atoms. The van der Waals surface area contributed by atoms with Crippen LogP contribution in [-0.2, 0) is 11.3 Å². The lowest BCUT2D eigenvalue weighted by Gasteiger charge is -2.26. The Balaban J connectivity index is 1.31. The Labute approximate surface area is 211 Å². The zero-order valence-electron chi connectivity index (χ0n) is 21.1. The fourth-order valence-corrected chi connectivity index (χ4v) is 4.39. The van der Waals surface area contributed by atoms with Crippen LogP contribution in [0.3, 0.4) is 0 Å². The highest BCUT2D eigenvalue weighted by Gasteiger charge is 2.22. The summed E-state index contributed by atoms with van der Waals surface area (Å²) in [6.45, 7) is 9.89. The van der Waals surface area contributed by atoms with Crippen molar-refractivity contribution in [2.45, 2.75) is 26.8 Å². The third-order valence-corrected chi connectivity index (χ3v) is 6.66. The van der Waals surface area contributed by atoms with Gasteiger partial charge in [-0.2, -0.15) is 4.98 Å². The van der Waals surface area contributed by atoms with Crippen molar-refractivity contribution in [1.82, 2.24) is 14.9 Å². The smallest absolute Gasteiger partial charge is 0.248 e. The predicted molar refractivity (Wildman–Crippen MR) is 139 cm³/mol. The summed E-state index contributed by atoms with van der Waals surface area (Å²) in [5, 5.41) is 6.89. The SMILES string of the molecule is COc1cc2c(cc1OCCCN1CCOCC1)CNc1c(Nc3cccc(C)c3C)ncnc1O2. The average Bonchev–Trinajstić information content (AvgIpc) is 3.08. The van der Waals surface area contributed by atoms with Crippen LogP contribution in [0.1, 0.15) is 23.1 Å². The van der Waals surface area contributed by atoms with Gasteiger partial charge >= 0.3 is 0 Å². The third kappa shape index (κ3) is 5.32. The van der Waals surface area contributed by atoms with Crippen LogP contribution in [0.2, 0.25) is 0 Å². The van der Waals surface area contributed by atoms with Crippen molar-refractivity contribution in [1.29, 1.82) is 0 Å². The molecule has 36 heavy (non-hydrogen) atoms. The number of aryl methyl sites for hydroxylation is 1. The molecule has 1 fully saturated rings. The Bertz CT molecular complexity index is 1210. The first-order valence-corrected chi connectivity index (χ1v) is 12.4. The molecule has 0 atom stereocenters. The van der Waals surface area contributed by atoms with Crippen molar-refractivity contribution in [2.75, 3.05) is 57.2 Å². The van der Waals surface area contributed by atoms with E-state index in [1.807, 2.05) is 24.3 Å². The molecule has 9 nitrogen and oxygen atoms in total. The van der Waals surface area contributed by atoms with E-state index < -0.39 is 0 Å². The van der Waals surface area contributed by atoms with Crippen LogP contribution in [0.4, 0.5) is 17.2 Å². The van der Waals surface area contributed by atoms with Gasteiger partial charge in [0.15, 0.2) is 17.3 Å². The Kier molecular flexibility index (Phi) is 7.39. The molecule has 190 valence electrons. The lowest BCUT2D eigenvalue weighted by Crippen LogP contribution is -2.37. The number of methoxy groups -OCH3 is 1. The molecule has 5 rings (SSSR count). The van der Waals surface area contributed by atoms with Crippen molar-refractivity contribution in [3.63, 3.8) is 0 Å². The molecule has 2 aliphatic heterocycles. The zero-order chi connectivity index (χ0) is 24.9. The lowest BCUT2D eigenvalue weighted by molar-refractivity contribution is 0.0357. The maximum Gasteiger partial charge on any atom is 0.248 e. The molecule has 3 aromatic rings. The second-order valence-electron chi connectivity index (χ2n) is 9.00. The summed E-state index contributed by atoms with van der Waals surface area (Å²) in [4.78, 5) is 11.3. The molecule has 2 aromatic carbocycles. The number of benzene rings is 2. The number of hydrogen-bond donors (Lipinski definition) is 2. The second kappa shape index (κ2) is 11.0. The highest BCUT2D eigenvalue weighted by molar-refractivity contribution is 5.77. The number of rotatable bonds is 8. The Morgan fingerprint density at radius 2 is 1.97 bits per heavy atom. The molecular weight excluding hydrogens is 458 g/mol. The van der Waals surface area contributed by atoms with E-state index in [2.05, 4.69) is 45.4 Å². The number of anilines is 3. The molecule has 9 heteroatoms. The number of fused-ring (bicyclic) bond motifs is 2. The molecule has 1 aromatic heterocycles. The van der Waals surface area contributed by atoms with Crippen LogP contribution in [0.15, 0.2) is 36.7 Å². The molecule has 0 saturated carbocycles. The Hall–Kier alpha value is -3.56. The first-order chi connectivity index (χ1) is 17.6. The van der Waals surface area contributed by atoms with Gasteiger partial charge in [0.05, 0.1) is 26.9 Å². The van der Waals surface area contributed by atoms with E-state index in [4.69, 9.17) is 18.9 Å². The second-order valence-corrected chi connectivity index (χ2v) is 9.00. The normalized spacial score (nSPS) is 15.1. The van der Waals surface area contributed by atoms with E-state index in [1.165, 1.54) is 17.5 Å². The summed E-state index contributed by atoms with van der Waals surface area (Å²) in [6, 6.07) is 10.0. The fraction of sp³-hybridized carbons (Fsp3) is 0.407. The molecule has 0 unspecified atom stereocenters.